The summed E-state index contributed by atoms with van der Waals surface area (Å²) in [5.74, 6) is 0.580. The fourth-order valence-electron chi connectivity index (χ4n) is 2.55. The van der Waals surface area contributed by atoms with Crippen LogP contribution in [0, 0.1) is 6.92 Å². The van der Waals surface area contributed by atoms with Crippen LogP contribution in [-0.2, 0) is 0 Å². The van der Waals surface area contributed by atoms with Gasteiger partial charge in [-0.2, -0.15) is 0 Å². The first-order chi connectivity index (χ1) is 9.47. The van der Waals surface area contributed by atoms with E-state index in [2.05, 4.69) is 22.2 Å². The summed E-state index contributed by atoms with van der Waals surface area (Å²) in [6, 6.07) is 2.19. The molecule has 2 heterocycles. The van der Waals surface area contributed by atoms with Crippen LogP contribution in [-0.4, -0.2) is 36.1 Å². The maximum Gasteiger partial charge on any atom is 0.107 e. The molecular weight excluding hydrogens is 274 g/mol. The fourth-order valence-corrected chi connectivity index (χ4v) is 2.71. The van der Waals surface area contributed by atoms with E-state index < -0.39 is 0 Å². The number of aryl methyl sites for hydroxylation is 1. The lowest BCUT2D eigenvalue weighted by atomic mass is 10.1. The number of piperidine rings is 1. The minimum atomic E-state index is 0.232. The largest absolute Gasteiger partial charge is 0.389 e. The van der Waals surface area contributed by atoms with Gasteiger partial charge in [0.15, 0.2) is 0 Å². The summed E-state index contributed by atoms with van der Waals surface area (Å²) >= 11 is 5.95. The number of likely N-dealkylation sites (N-methyl/N-ethyl adjacent to an activating group) is 1. The molecule has 1 aromatic rings. The second-order valence-electron chi connectivity index (χ2n) is 5.38. The van der Waals surface area contributed by atoms with Gasteiger partial charge in [0.2, 0.25) is 0 Å². The molecular formula is C14H22ClN5. The Morgan fingerprint density at radius 2 is 2.20 bits per heavy atom. The monoisotopic (exact) mass is 295 g/mol. The van der Waals surface area contributed by atoms with Crippen LogP contribution < -0.4 is 27.2 Å². The smallest absolute Gasteiger partial charge is 0.107 e. The summed E-state index contributed by atoms with van der Waals surface area (Å²) in [6.07, 6.45) is 4.00. The van der Waals surface area contributed by atoms with Gasteiger partial charge in [-0.05, 0) is 39.4 Å². The van der Waals surface area contributed by atoms with E-state index in [0.29, 0.717) is 11.9 Å². The standard InChI is InChI=1S/C14H22ClN5/c1-9-6-11(13(15)16)12(7-18-9)14(17)19-10-4-3-5-20(2)8-10/h6-7,10,19H,3-5,8,16-17H2,1-2H3/b13-11-,14-12+. The molecule has 110 valence electrons. The van der Waals surface area contributed by atoms with Gasteiger partial charge < -0.3 is 21.7 Å². The van der Waals surface area contributed by atoms with E-state index in [-0.39, 0.29) is 5.16 Å². The molecule has 0 spiro atoms. The summed E-state index contributed by atoms with van der Waals surface area (Å²) in [7, 11) is 2.12. The number of nitrogens with zero attached hydrogens (tertiary/aromatic N) is 2. The van der Waals surface area contributed by atoms with E-state index in [1.165, 1.54) is 6.42 Å². The Balaban J connectivity index is 2.35. The quantitative estimate of drug-likeness (QED) is 0.633. The molecule has 0 saturated carbocycles. The molecule has 1 atom stereocenters. The molecule has 0 radical (unpaired) electrons. The normalized spacial score (nSPS) is 23.2. The van der Waals surface area contributed by atoms with E-state index >= 15 is 0 Å². The van der Waals surface area contributed by atoms with Crippen LogP contribution in [0.2, 0.25) is 0 Å². The first-order valence-corrected chi connectivity index (χ1v) is 7.18. The van der Waals surface area contributed by atoms with Crippen molar-refractivity contribution in [3.05, 3.63) is 28.4 Å². The molecule has 6 heteroatoms. The topological polar surface area (TPSA) is 80.2 Å². The number of halogens is 1. The highest BCUT2D eigenvalue weighted by Gasteiger charge is 2.17. The number of hydrogen-bond acceptors (Lipinski definition) is 5. The number of nitrogens with one attached hydrogen (secondary N) is 1. The minimum absolute atomic E-state index is 0.232. The van der Waals surface area contributed by atoms with E-state index in [9.17, 15) is 0 Å². The zero-order chi connectivity index (χ0) is 14.7. The Morgan fingerprint density at radius 3 is 2.85 bits per heavy atom. The Bertz CT molecular complexity index is 594. The molecule has 1 fully saturated rings. The Morgan fingerprint density at radius 1 is 1.45 bits per heavy atom. The minimum Gasteiger partial charge on any atom is -0.389 e. The van der Waals surface area contributed by atoms with Crippen molar-refractivity contribution in [3.8, 4) is 0 Å². The third-order valence-electron chi connectivity index (χ3n) is 3.57. The van der Waals surface area contributed by atoms with Gasteiger partial charge in [0.05, 0.1) is 0 Å². The third kappa shape index (κ3) is 3.55. The molecule has 5 nitrogen and oxygen atoms in total. The lowest BCUT2D eigenvalue weighted by molar-refractivity contribution is 0.239. The Labute approximate surface area is 124 Å². The van der Waals surface area contributed by atoms with Gasteiger partial charge in [0, 0.05) is 34.9 Å². The highest BCUT2D eigenvalue weighted by Crippen LogP contribution is 2.08. The highest BCUT2D eigenvalue weighted by atomic mass is 35.5. The van der Waals surface area contributed by atoms with Gasteiger partial charge in [-0.15, -0.1) is 0 Å². The number of likely N-dealkylation sites (tertiary alicyclic amines) is 1. The molecule has 0 amide bonds. The van der Waals surface area contributed by atoms with Crippen LogP contribution in [0.3, 0.4) is 0 Å². The maximum atomic E-state index is 6.18. The molecule has 1 unspecified atom stereocenters. The van der Waals surface area contributed by atoms with Crippen molar-refractivity contribution in [2.45, 2.75) is 25.8 Å². The van der Waals surface area contributed by atoms with Crippen LogP contribution in [0.15, 0.2) is 12.3 Å². The number of rotatable bonds is 2. The molecule has 0 aliphatic carbocycles. The summed E-state index contributed by atoms with van der Waals surface area (Å²) < 4.78 is 0. The van der Waals surface area contributed by atoms with Gasteiger partial charge in [-0.25, -0.2) is 0 Å². The average Bonchev–Trinajstić information content (AvgIpc) is 2.38. The van der Waals surface area contributed by atoms with Crippen LogP contribution in [0.5, 0.6) is 0 Å². The lowest BCUT2D eigenvalue weighted by Crippen LogP contribution is -2.47. The zero-order valence-corrected chi connectivity index (χ0v) is 12.7. The second-order valence-corrected chi connectivity index (χ2v) is 5.79. The predicted octanol–water partition coefficient (Wildman–Crippen LogP) is -0.639. The van der Waals surface area contributed by atoms with Crippen molar-refractivity contribution in [2.24, 2.45) is 11.5 Å². The third-order valence-corrected chi connectivity index (χ3v) is 3.78. The Kier molecular flexibility index (Phi) is 4.73. The summed E-state index contributed by atoms with van der Waals surface area (Å²) in [5.41, 5.74) is 12.8. The zero-order valence-electron chi connectivity index (χ0n) is 12.0. The molecule has 1 aliphatic heterocycles. The van der Waals surface area contributed by atoms with Crippen molar-refractivity contribution in [1.29, 1.82) is 0 Å². The summed E-state index contributed by atoms with van der Waals surface area (Å²) in [6.45, 7) is 4.01. The van der Waals surface area contributed by atoms with Crippen molar-refractivity contribution in [1.82, 2.24) is 15.2 Å². The molecule has 1 saturated heterocycles. The molecule has 5 N–H and O–H groups in total. The molecule has 1 aromatic heterocycles. The molecule has 2 rings (SSSR count). The van der Waals surface area contributed by atoms with Gasteiger partial charge in [-0.3, -0.25) is 4.98 Å². The Hall–Kier alpha value is -1.46. The first kappa shape index (κ1) is 14.9. The molecule has 20 heavy (non-hydrogen) atoms. The fraction of sp³-hybridized carbons (Fsp3) is 0.500. The number of pyridine rings is 1. The van der Waals surface area contributed by atoms with Crippen LogP contribution >= 0.6 is 11.6 Å². The lowest BCUT2D eigenvalue weighted by Gasteiger charge is -2.30. The second kappa shape index (κ2) is 6.33. The van der Waals surface area contributed by atoms with Crippen LogP contribution in [0.1, 0.15) is 18.5 Å². The molecule has 0 aromatic carbocycles. The van der Waals surface area contributed by atoms with E-state index in [1.54, 1.807) is 6.20 Å². The van der Waals surface area contributed by atoms with Crippen LogP contribution in [0.25, 0.3) is 11.0 Å². The molecule has 0 bridgehead atoms. The summed E-state index contributed by atoms with van der Waals surface area (Å²) in [4.78, 5) is 6.57. The van der Waals surface area contributed by atoms with E-state index in [0.717, 1.165) is 35.6 Å². The number of aromatic nitrogens is 1. The predicted molar refractivity (Wildman–Crippen MR) is 82.9 cm³/mol. The maximum absolute atomic E-state index is 6.18. The van der Waals surface area contributed by atoms with E-state index in [4.69, 9.17) is 23.1 Å². The van der Waals surface area contributed by atoms with Crippen molar-refractivity contribution in [3.63, 3.8) is 0 Å². The summed E-state index contributed by atoms with van der Waals surface area (Å²) in [5, 5.41) is 5.09. The van der Waals surface area contributed by atoms with Gasteiger partial charge in [-0.1, -0.05) is 11.6 Å². The van der Waals surface area contributed by atoms with Crippen LogP contribution in [0.4, 0.5) is 0 Å². The van der Waals surface area contributed by atoms with Gasteiger partial charge >= 0.3 is 0 Å². The highest BCUT2D eigenvalue weighted by molar-refractivity contribution is 6.44. The van der Waals surface area contributed by atoms with Gasteiger partial charge in [0.25, 0.3) is 0 Å². The number of hydrogen-bond donors (Lipinski definition) is 3. The van der Waals surface area contributed by atoms with Crippen molar-refractivity contribution < 1.29 is 0 Å². The SMILES string of the molecule is Cc1cc(=C(/N)Cl)/c(=C(\N)NC2CCCN(C)C2)cn1. The van der Waals surface area contributed by atoms with Crippen molar-refractivity contribution in [2.75, 3.05) is 20.1 Å². The average molecular weight is 296 g/mol. The van der Waals surface area contributed by atoms with Gasteiger partial charge in [0.1, 0.15) is 11.0 Å². The number of nitrogens with two attached hydrogens (primary N) is 2. The van der Waals surface area contributed by atoms with E-state index in [1.807, 2.05) is 13.0 Å². The first-order valence-electron chi connectivity index (χ1n) is 6.80. The van der Waals surface area contributed by atoms with Crippen molar-refractivity contribution >= 4 is 22.6 Å². The molecule has 1 aliphatic rings.